The molecule has 7 heteroatoms. The molecule has 0 bridgehead atoms. The maximum absolute atomic E-state index is 13.0. The summed E-state index contributed by atoms with van der Waals surface area (Å²) in [4.78, 5) is 10.4. The third-order valence-electron chi connectivity index (χ3n) is 2.85. The second-order valence-electron chi connectivity index (χ2n) is 4.15. The highest BCUT2D eigenvalue weighted by atomic mass is 35.5. The van der Waals surface area contributed by atoms with Crippen LogP contribution in [0.3, 0.4) is 0 Å². The minimum absolute atomic E-state index is 0.0519. The first-order chi connectivity index (χ1) is 10.0. The van der Waals surface area contributed by atoms with Crippen LogP contribution < -0.4 is 5.32 Å². The van der Waals surface area contributed by atoms with Crippen molar-refractivity contribution in [2.45, 2.75) is 6.54 Å². The van der Waals surface area contributed by atoms with Gasteiger partial charge in [-0.05, 0) is 24.3 Å². The Bertz CT molecular complexity index is 743. The number of nitrogens with one attached hydrogen (secondary N) is 1. The van der Waals surface area contributed by atoms with Crippen molar-refractivity contribution in [3.63, 3.8) is 0 Å². The number of halogens is 2. The average Bonchev–Trinajstić information content (AvgIpc) is 2.46. The lowest BCUT2D eigenvalue weighted by Crippen LogP contribution is -2.05. The minimum atomic E-state index is -0.529. The van der Waals surface area contributed by atoms with Crippen molar-refractivity contribution >= 4 is 23.0 Å². The predicted molar refractivity (Wildman–Crippen MR) is 76.5 cm³/mol. The second-order valence-corrected chi connectivity index (χ2v) is 4.56. The SMILES string of the molecule is N#Cc1cc(F)ccc1NCc1c(Cl)cccc1[N+](=O)[O-]. The standard InChI is InChI=1S/C14H9ClFN3O2/c15-12-2-1-3-14(19(20)21)11(12)8-18-13-5-4-10(16)6-9(13)7-17/h1-6,18H,8H2. The fraction of sp³-hybridized carbons (Fsp3) is 0.0714. The van der Waals surface area contributed by atoms with Crippen molar-refractivity contribution in [3.8, 4) is 6.07 Å². The molecule has 0 aliphatic rings. The molecule has 5 nitrogen and oxygen atoms in total. The van der Waals surface area contributed by atoms with Gasteiger partial charge in [-0.25, -0.2) is 4.39 Å². The minimum Gasteiger partial charge on any atom is -0.380 e. The van der Waals surface area contributed by atoms with E-state index in [-0.39, 0.29) is 22.8 Å². The number of anilines is 1. The maximum atomic E-state index is 13.0. The molecular weight excluding hydrogens is 297 g/mol. The highest BCUT2D eigenvalue weighted by Crippen LogP contribution is 2.27. The summed E-state index contributed by atoms with van der Waals surface area (Å²) in [7, 11) is 0. The number of nitriles is 1. The quantitative estimate of drug-likeness (QED) is 0.687. The number of nitro groups is 1. The third-order valence-corrected chi connectivity index (χ3v) is 3.20. The van der Waals surface area contributed by atoms with E-state index >= 15 is 0 Å². The summed E-state index contributed by atoms with van der Waals surface area (Å²) in [6.07, 6.45) is 0. The lowest BCUT2D eigenvalue weighted by atomic mass is 10.1. The number of rotatable bonds is 4. The molecule has 0 saturated carbocycles. The summed E-state index contributed by atoms with van der Waals surface area (Å²) in [5.74, 6) is -0.527. The van der Waals surface area contributed by atoms with E-state index in [1.54, 1.807) is 6.07 Å². The molecule has 2 aromatic rings. The van der Waals surface area contributed by atoms with Gasteiger partial charge in [-0.3, -0.25) is 10.1 Å². The Morgan fingerprint density at radius 3 is 2.81 bits per heavy atom. The van der Waals surface area contributed by atoms with Crippen LogP contribution in [0.15, 0.2) is 36.4 Å². The van der Waals surface area contributed by atoms with Gasteiger partial charge < -0.3 is 5.32 Å². The molecule has 0 aliphatic heterocycles. The predicted octanol–water partition coefficient (Wildman–Crippen LogP) is 3.87. The molecule has 0 radical (unpaired) electrons. The zero-order chi connectivity index (χ0) is 15.4. The first-order valence-electron chi connectivity index (χ1n) is 5.88. The molecule has 106 valence electrons. The van der Waals surface area contributed by atoms with Gasteiger partial charge in [0, 0.05) is 12.6 Å². The Balaban J connectivity index is 2.29. The van der Waals surface area contributed by atoms with Gasteiger partial charge in [-0.1, -0.05) is 17.7 Å². The fourth-order valence-corrected chi connectivity index (χ4v) is 2.08. The monoisotopic (exact) mass is 305 g/mol. The van der Waals surface area contributed by atoms with Crippen molar-refractivity contribution in [1.82, 2.24) is 0 Å². The van der Waals surface area contributed by atoms with E-state index in [1.807, 2.05) is 6.07 Å². The van der Waals surface area contributed by atoms with Gasteiger partial charge in [0.2, 0.25) is 0 Å². The summed E-state index contributed by atoms with van der Waals surface area (Å²) in [5, 5.41) is 23.0. The number of hydrogen-bond donors (Lipinski definition) is 1. The molecule has 0 fully saturated rings. The molecule has 0 atom stereocenters. The molecule has 1 N–H and O–H groups in total. The smallest absolute Gasteiger partial charge is 0.275 e. The second kappa shape index (κ2) is 6.20. The summed E-state index contributed by atoms with van der Waals surface area (Å²) >= 11 is 5.97. The Morgan fingerprint density at radius 2 is 2.14 bits per heavy atom. The van der Waals surface area contributed by atoms with Crippen LogP contribution in [-0.2, 0) is 6.54 Å². The van der Waals surface area contributed by atoms with Gasteiger partial charge in [0.05, 0.1) is 26.8 Å². The largest absolute Gasteiger partial charge is 0.380 e. The summed E-state index contributed by atoms with van der Waals surface area (Å²) in [6.45, 7) is 0.0519. The third kappa shape index (κ3) is 3.27. The van der Waals surface area contributed by atoms with E-state index in [9.17, 15) is 14.5 Å². The van der Waals surface area contributed by atoms with Crippen LogP contribution in [-0.4, -0.2) is 4.92 Å². The molecule has 0 saturated heterocycles. The fourth-order valence-electron chi connectivity index (χ4n) is 1.84. The Morgan fingerprint density at radius 1 is 1.38 bits per heavy atom. The van der Waals surface area contributed by atoms with Gasteiger partial charge in [-0.2, -0.15) is 5.26 Å². The van der Waals surface area contributed by atoms with E-state index in [1.165, 1.54) is 24.3 Å². The molecule has 2 rings (SSSR count). The van der Waals surface area contributed by atoms with E-state index < -0.39 is 10.7 Å². The number of benzene rings is 2. The molecule has 0 heterocycles. The molecule has 0 unspecified atom stereocenters. The van der Waals surface area contributed by atoms with Crippen molar-refractivity contribution in [1.29, 1.82) is 5.26 Å². The highest BCUT2D eigenvalue weighted by molar-refractivity contribution is 6.31. The molecule has 21 heavy (non-hydrogen) atoms. The van der Waals surface area contributed by atoms with Crippen molar-refractivity contribution in [2.24, 2.45) is 0 Å². The number of nitrogens with zero attached hydrogens (tertiary/aromatic N) is 2. The van der Waals surface area contributed by atoms with Crippen molar-refractivity contribution in [3.05, 3.63) is 68.5 Å². The normalized spacial score (nSPS) is 9.95. The zero-order valence-electron chi connectivity index (χ0n) is 10.6. The zero-order valence-corrected chi connectivity index (χ0v) is 11.4. The summed E-state index contributed by atoms with van der Waals surface area (Å²) < 4.78 is 13.0. The van der Waals surface area contributed by atoms with Crippen LogP contribution in [0.2, 0.25) is 5.02 Å². The van der Waals surface area contributed by atoms with Crippen LogP contribution in [0.1, 0.15) is 11.1 Å². The Kier molecular flexibility index (Phi) is 4.36. The van der Waals surface area contributed by atoms with Crippen molar-refractivity contribution < 1.29 is 9.31 Å². The number of nitro benzene ring substituents is 1. The van der Waals surface area contributed by atoms with Gasteiger partial charge in [0.15, 0.2) is 0 Å². The lowest BCUT2D eigenvalue weighted by molar-refractivity contribution is -0.385. The van der Waals surface area contributed by atoms with Crippen LogP contribution in [0.4, 0.5) is 15.8 Å². The van der Waals surface area contributed by atoms with Gasteiger partial charge in [-0.15, -0.1) is 0 Å². The van der Waals surface area contributed by atoms with Crippen LogP contribution in [0, 0.1) is 27.3 Å². The molecule has 2 aromatic carbocycles. The van der Waals surface area contributed by atoms with Crippen molar-refractivity contribution in [2.75, 3.05) is 5.32 Å². The molecule has 0 amide bonds. The summed E-state index contributed by atoms with van der Waals surface area (Å²) in [5.41, 5.74) is 0.686. The van der Waals surface area contributed by atoms with Crippen LogP contribution >= 0.6 is 11.6 Å². The highest BCUT2D eigenvalue weighted by Gasteiger charge is 2.16. The molecule has 0 aliphatic carbocycles. The molecule has 0 spiro atoms. The van der Waals surface area contributed by atoms with Crippen LogP contribution in [0.25, 0.3) is 0 Å². The first-order valence-corrected chi connectivity index (χ1v) is 6.26. The van der Waals surface area contributed by atoms with Gasteiger partial charge >= 0.3 is 0 Å². The van der Waals surface area contributed by atoms with Gasteiger partial charge in [0.1, 0.15) is 11.9 Å². The topological polar surface area (TPSA) is 79.0 Å². The van der Waals surface area contributed by atoms with Crippen LogP contribution in [0.5, 0.6) is 0 Å². The molecule has 0 aromatic heterocycles. The maximum Gasteiger partial charge on any atom is 0.275 e. The lowest BCUT2D eigenvalue weighted by Gasteiger charge is -2.10. The average molecular weight is 306 g/mol. The molecular formula is C14H9ClFN3O2. The van der Waals surface area contributed by atoms with Gasteiger partial charge in [0.25, 0.3) is 5.69 Å². The van der Waals surface area contributed by atoms with E-state index in [4.69, 9.17) is 16.9 Å². The van der Waals surface area contributed by atoms with E-state index in [0.29, 0.717) is 11.3 Å². The first kappa shape index (κ1) is 14.8. The Labute approximate surface area is 124 Å². The Hall–Kier alpha value is -2.65. The van der Waals surface area contributed by atoms with E-state index in [0.717, 1.165) is 6.07 Å². The van der Waals surface area contributed by atoms with E-state index in [2.05, 4.69) is 5.32 Å². The number of hydrogen-bond acceptors (Lipinski definition) is 4. The summed E-state index contributed by atoms with van der Waals surface area (Å²) in [6, 6.07) is 9.92.